The van der Waals surface area contributed by atoms with E-state index in [2.05, 4.69) is 20.8 Å². The fourth-order valence-electron chi connectivity index (χ4n) is 6.24. The molecule has 0 saturated heterocycles. The zero-order valence-electron chi connectivity index (χ0n) is 30.0. The second-order valence-corrected chi connectivity index (χ2v) is 14.2. The van der Waals surface area contributed by atoms with Crippen LogP contribution >= 0.6 is 0 Å². The van der Waals surface area contributed by atoms with Crippen molar-refractivity contribution in [1.82, 2.24) is 0 Å². The standard InChI is InChI=1S/C39H70O8/c1-4-5-16-22-32(40)26-27-35-34(36(42)28-37(35)43)23-19-20-25-39(45)47-30-33(41)29-46-38(44)24-18-15-13-11-9-7-6-8-10-12-14-17-21-31(2)3/h19-20,26-27,31-37,40-43H,4-18,21-25,28-30H2,1-3H3/b20-19-,27-26+/t32-,33+,34+,35-,36+,37-/m1/s1. The van der Waals surface area contributed by atoms with E-state index in [0.717, 1.165) is 44.4 Å². The van der Waals surface area contributed by atoms with Crippen LogP contribution in [-0.2, 0) is 19.1 Å². The monoisotopic (exact) mass is 667 g/mol. The number of aliphatic hydroxyl groups is 4. The van der Waals surface area contributed by atoms with Crippen LogP contribution in [-0.4, -0.2) is 70.0 Å². The van der Waals surface area contributed by atoms with Gasteiger partial charge in [0.05, 0.1) is 24.7 Å². The Bertz CT molecular complexity index is 841. The van der Waals surface area contributed by atoms with E-state index in [0.29, 0.717) is 19.3 Å². The van der Waals surface area contributed by atoms with Crippen LogP contribution in [0.15, 0.2) is 24.3 Å². The molecule has 1 aliphatic rings. The summed E-state index contributed by atoms with van der Waals surface area (Å²) in [7, 11) is 0. The number of esters is 2. The van der Waals surface area contributed by atoms with Gasteiger partial charge in [-0.05, 0) is 31.1 Å². The molecule has 0 heterocycles. The van der Waals surface area contributed by atoms with Crippen molar-refractivity contribution < 1.29 is 39.5 Å². The lowest BCUT2D eigenvalue weighted by molar-refractivity contribution is -0.151. The zero-order valence-corrected chi connectivity index (χ0v) is 30.0. The topological polar surface area (TPSA) is 134 Å². The van der Waals surface area contributed by atoms with Gasteiger partial charge in [0.2, 0.25) is 0 Å². The van der Waals surface area contributed by atoms with Crippen LogP contribution in [0.2, 0.25) is 0 Å². The highest BCUT2D eigenvalue weighted by atomic mass is 16.6. The van der Waals surface area contributed by atoms with Gasteiger partial charge in [-0.25, -0.2) is 0 Å². The van der Waals surface area contributed by atoms with E-state index in [1.807, 2.05) is 6.08 Å². The number of carbonyl (C=O) groups is 2. The van der Waals surface area contributed by atoms with Crippen LogP contribution in [0.3, 0.4) is 0 Å². The van der Waals surface area contributed by atoms with Gasteiger partial charge in [0.25, 0.3) is 0 Å². The molecule has 0 bridgehead atoms. The fourth-order valence-corrected chi connectivity index (χ4v) is 6.24. The maximum Gasteiger partial charge on any atom is 0.309 e. The van der Waals surface area contributed by atoms with Crippen molar-refractivity contribution in [1.29, 1.82) is 0 Å². The van der Waals surface area contributed by atoms with Gasteiger partial charge in [0.1, 0.15) is 19.3 Å². The van der Waals surface area contributed by atoms with Crippen LogP contribution in [0.5, 0.6) is 0 Å². The lowest BCUT2D eigenvalue weighted by atomic mass is 9.89. The second-order valence-electron chi connectivity index (χ2n) is 14.2. The van der Waals surface area contributed by atoms with Crippen molar-refractivity contribution >= 4 is 11.9 Å². The predicted octanol–water partition coefficient (Wildman–Crippen LogP) is 7.74. The Balaban J connectivity index is 2.08. The molecule has 274 valence electrons. The quantitative estimate of drug-likeness (QED) is 0.0362. The van der Waals surface area contributed by atoms with E-state index >= 15 is 0 Å². The number of hydrogen-bond acceptors (Lipinski definition) is 8. The van der Waals surface area contributed by atoms with Gasteiger partial charge in [-0.15, -0.1) is 0 Å². The molecule has 6 atom stereocenters. The first-order valence-corrected chi connectivity index (χ1v) is 19.0. The lowest BCUT2D eigenvalue weighted by Crippen LogP contribution is -2.25. The van der Waals surface area contributed by atoms with Crippen molar-refractivity contribution in [3.63, 3.8) is 0 Å². The first-order valence-electron chi connectivity index (χ1n) is 19.0. The molecule has 8 heteroatoms. The molecule has 1 fully saturated rings. The van der Waals surface area contributed by atoms with Gasteiger partial charge < -0.3 is 29.9 Å². The molecule has 0 aromatic heterocycles. The summed E-state index contributed by atoms with van der Waals surface area (Å²) in [6.45, 7) is 6.25. The number of unbranched alkanes of at least 4 members (excludes halogenated alkanes) is 13. The number of rotatable bonds is 29. The number of ether oxygens (including phenoxy) is 2. The van der Waals surface area contributed by atoms with Crippen LogP contribution in [0.4, 0.5) is 0 Å². The fraction of sp³-hybridized carbons (Fsp3) is 0.846. The van der Waals surface area contributed by atoms with E-state index in [9.17, 15) is 30.0 Å². The first-order chi connectivity index (χ1) is 22.6. The minimum absolute atomic E-state index is 0.00704. The maximum absolute atomic E-state index is 12.1. The molecular weight excluding hydrogens is 596 g/mol. The average molecular weight is 667 g/mol. The molecule has 0 amide bonds. The second kappa shape index (κ2) is 28.1. The third-order valence-corrected chi connectivity index (χ3v) is 9.22. The third-order valence-electron chi connectivity index (χ3n) is 9.22. The van der Waals surface area contributed by atoms with E-state index in [4.69, 9.17) is 9.47 Å². The Kier molecular flexibility index (Phi) is 25.9. The zero-order chi connectivity index (χ0) is 34.7. The third kappa shape index (κ3) is 23.3. The van der Waals surface area contributed by atoms with E-state index in [1.54, 1.807) is 18.2 Å². The van der Waals surface area contributed by atoms with Crippen molar-refractivity contribution in [3.05, 3.63) is 24.3 Å². The minimum atomic E-state index is -1.08. The Morgan fingerprint density at radius 3 is 1.87 bits per heavy atom. The van der Waals surface area contributed by atoms with Crippen molar-refractivity contribution in [2.24, 2.45) is 17.8 Å². The van der Waals surface area contributed by atoms with Gasteiger partial charge in [-0.1, -0.05) is 141 Å². The minimum Gasteiger partial charge on any atom is -0.463 e. The maximum atomic E-state index is 12.1. The van der Waals surface area contributed by atoms with Crippen molar-refractivity contribution in [3.8, 4) is 0 Å². The lowest BCUT2D eigenvalue weighted by Gasteiger charge is -2.19. The summed E-state index contributed by atoms with van der Waals surface area (Å²) < 4.78 is 10.2. The summed E-state index contributed by atoms with van der Waals surface area (Å²) in [6, 6.07) is 0. The molecule has 0 aromatic carbocycles. The molecule has 0 spiro atoms. The van der Waals surface area contributed by atoms with Gasteiger partial charge >= 0.3 is 11.9 Å². The number of allylic oxidation sites excluding steroid dienone is 1. The summed E-state index contributed by atoms with van der Waals surface area (Å²) in [6.07, 6.45) is 25.1. The van der Waals surface area contributed by atoms with Crippen LogP contribution < -0.4 is 0 Å². The molecule has 0 radical (unpaired) electrons. The molecule has 0 unspecified atom stereocenters. The summed E-state index contributed by atoms with van der Waals surface area (Å²) in [4.78, 5) is 24.1. The highest BCUT2D eigenvalue weighted by molar-refractivity contribution is 5.71. The Morgan fingerprint density at radius 1 is 0.723 bits per heavy atom. The molecule has 47 heavy (non-hydrogen) atoms. The largest absolute Gasteiger partial charge is 0.463 e. The van der Waals surface area contributed by atoms with Gasteiger partial charge in [0.15, 0.2) is 0 Å². The highest BCUT2D eigenvalue weighted by Crippen LogP contribution is 2.36. The van der Waals surface area contributed by atoms with Crippen LogP contribution in [0, 0.1) is 17.8 Å². The Morgan fingerprint density at radius 2 is 1.28 bits per heavy atom. The first kappa shape index (κ1) is 43.3. The molecule has 0 aliphatic heterocycles. The average Bonchev–Trinajstić information content (AvgIpc) is 3.31. The molecule has 1 saturated carbocycles. The smallest absolute Gasteiger partial charge is 0.309 e. The summed E-state index contributed by atoms with van der Waals surface area (Å²) in [5.74, 6) is -0.501. The molecular formula is C39H70O8. The van der Waals surface area contributed by atoms with E-state index in [1.165, 1.54) is 64.2 Å². The van der Waals surface area contributed by atoms with Gasteiger partial charge in [0, 0.05) is 18.8 Å². The Labute approximate surface area is 286 Å². The number of hydrogen-bond donors (Lipinski definition) is 4. The van der Waals surface area contributed by atoms with Gasteiger partial charge in [-0.3, -0.25) is 9.59 Å². The van der Waals surface area contributed by atoms with Crippen LogP contribution in [0.1, 0.15) is 156 Å². The van der Waals surface area contributed by atoms with E-state index in [-0.39, 0.29) is 43.9 Å². The van der Waals surface area contributed by atoms with Crippen molar-refractivity contribution in [2.45, 2.75) is 180 Å². The summed E-state index contributed by atoms with van der Waals surface area (Å²) >= 11 is 0. The normalized spacial score (nSPS) is 21.2. The number of carbonyl (C=O) groups excluding carboxylic acids is 2. The SMILES string of the molecule is CCCCC[C@@H](O)/C=C/[C@@H]1[C@H](C/C=C\CC(=O)OC[C@@H](O)COC(=O)CCCCCCCCCCCCCCC(C)C)[C@@H](O)C[C@H]1O. The number of aliphatic hydroxyl groups excluding tert-OH is 4. The summed E-state index contributed by atoms with van der Waals surface area (Å²) in [5.41, 5.74) is 0. The predicted molar refractivity (Wildman–Crippen MR) is 189 cm³/mol. The van der Waals surface area contributed by atoms with Crippen LogP contribution in [0.25, 0.3) is 0 Å². The van der Waals surface area contributed by atoms with Gasteiger partial charge in [-0.2, -0.15) is 0 Å². The Hall–Kier alpha value is -1.74. The summed E-state index contributed by atoms with van der Waals surface area (Å²) in [5, 5.41) is 41.0. The molecule has 0 aromatic rings. The molecule has 1 rings (SSSR count). The molecule has 8 nitrogen and oxygen atoms in total. The highest BCUT2D eigenvalue weighted by Gasteiger charge is 2.39. The molecule has 4 N–H and O–H groups in total. The van der Waals surface area contributed by atoms with Crippen molar-refractivity contribution in [2.75, 3.05) is 13.2 Å². The van der Waals surface area contributed by atoms with E-state index < -0.39 is 30.4 Å². The molecule has 1 aliphatic carbocycles.